The van der Waals surface area contributed by atoms with Gasteiger partial charge in [0.2, 0.25) is 6.79 Å². The van der Waals surface area contributed by atoms with Gasteiger partial charge in [-0.05, 0) is 48.9 Å². The zero-order chi connectivity index (χ0) is 32.7. The molecule has 0 aliphatic carbocycles. The van der Waals surface area contributed by atoms with Crippen LogP contribution in [0, 0.1) is 10.1 Å². The van der Waals surface area contributed by atoms with Crippen LogP contribution in [0.4, 0.5) is 5.69 Å². The topological polar surface area (TPSA) is 145 Å². The molecule has 47 heavy (non-hydrogen) atoms. The number of hydrogen-bond donors (Lipinski definition) is 0. The summed E-state index contributed by atoms with van der Waals surface area (Å²) in [7, 11) is 1.43. The lowest BCUT2D eigenvalue weighted by molar-refractivity contribution is -0.384. The molecule has 7 rings (SSSR count). The number of furan rings is 1. The highest BCUT2D eigenvalue weighted by molar-refractivity contribution is 7.07. The van der Waals surface area contributed by atoms with Crippen molar-refractivity contribution in [2.24, 2.45) is 4.99 Å². The number of methoxy groups -OCH3 is 1. The third-order valence-corrected chi connectivity index (χ3v) is 8.64. The van der Waals surface area contributed by atoms with Gasteiger partial charge in [0.15, 0.2) is 16.3 Å². The largest absolute Gasteiger partial charge is 0.497 e. The lowest BCUT2D eigenvalue weighted by Crippen LogP contribution is -2.40. The van der Waals surface area contributed by atoms with Gasteiger partial charge in [0.05, 0.1) is 52.1 Å². The highest BCUT2D eigenvalue weighted by Gasteiger charge is 2.36. The summed E-state index contributed by atoms with van der Waals surface area (Å²) in [6, 6.07) is 21.3. The molecule has 4 heterocycles. The van der Waals surface area contributed by atoms with Crippen LogP contribution < -0.4 is 29.1 Å². The Morgan fingerprint density at radius 3 is 2.66 bits per heavy atom. The summed E-state index contributed by atoms with van der Waals surface area (Å²) < 4.78 is 29.5. The predicted octanol–water partition coefficient (Wildman–Crippen LogP) is 4.84. The Morgan fingerprint density at radius 1 is 1.09 bits per heavy atom. The molecule has 12 nitrogen and oxygen atoms in total. The first-order chi connectivity index (χ1) is 22.9. The number of thiazole rings is 1. The number of carbonyl (C=O) groups excluding carboxylic acids is 1. The molecule has 2 aliphatic heterocycles. The van der Waals surface area contributed by atoms with Crippen molar-refractivity contribution in [3.63, 3.8) is 0 Å². The number of nitro benzene ring substituents is 1. The molecule has 0 radical (unpaired) electrons. The number of nitro groups is 1. The van der Waals surface area contributed by atoms with Crippen LogP contribution in [0.2, 0.25) is 0 Å². The molecule has 0 bridgehead atoms. The average Bonchev–Trinajstić information content (AvgIpc) is 3.83. The fraction of sp³-hybridized carbons (Fsp3) is 0.147. The summed E-state index contributed by atoms with van der Waals surface area (Å²) in [6.07, 6.45) is 1.55. The molecule has 0 saturated heterocycles. The summed E-state index contributed by atoms with van der Waals surface area (Å²) in [6.45, 7) is 1.89. The van der Waals surface area contributed by atoms with E-state index in [9.17, 15) is 19.7 Å². The zero-order valence-electron chi connectivity index (χ0n) is 25.0. The van der Waals surface area contributed by atoms with Crippen molar-refractivity contribution in [3.8, 4) is 28.6 Å². The van der Waals surface area contributed by atoms with Gasteiger partial charge in [0, 0.05) is 11.6 Å². The number of esters is 1. The number of ether oxygens (including phenoxy) is 4. The van der Waals surface area contributed by atoms with Gasteiger partial charge in [-0.2, -0.15) is 0 Å². The van der Waals surface area contributed by atoms with Crippen molar-refractivity contribution in [2.45, 2.75) is 13.0 Å². The highest BCUT2D eigenvalue weighted by atomic mass is 32.1. The lowest BCUT2D eigenvalue weighted by atomic mass is 9.93. The third kappa shape index (κ3) is 5.36. The van der Waals surface area contributed by atoms with Crippen LogP contribution in [0.15, 0.2) is 98.6 Å². The van der Waals surface area contributed by atoms with Crippen molar-refractivity contribution in [2.75, 3.05) is 20.5 Å². The SMILES string of the molecule is CCOC(=O)C1=C(c2ccccc2)N=c2s/c(=C\c3ccc(-c4ccc(OC)cc4[N+](=O)[O-])o3)c(=O)n2[C@@H]1c1ccc2c(c1)OCO2. The zero-order valence-corrected chi connectivity index (χ0v) is 25.8. The van der Waals surface area contributed by atoms with Crippen LogP contribution in [0.5, 0.6) is 17.2 Å². The van der Waals surface area contributed by atoms with E-state index in [4.69, 9.17) is 28.4 Å². The smallest absolute Gasteiger partial charge is 0.338 e. The van der Waals surface area contributed by atoms with Gasteiger partial charge in [-0.3, -0.25) is 19.5 Å². The molecule has 236 valence electrons. The first kappa shape index (κ1) is 29.7. The molecule has 1 atom stereocenters. The summed E-state index contributed by atoms with van der Waals surface area (Å²) in [4.78, 5) is 44.3. The van der Waals surface area contributed by atoms with Crippen molar-refractivity contribution >= 4 is 34.8 Å². The molecule has 5 aromatic rings. The molecule has 2 aliphatic rings. The van der Waals surface area contributed by atoms with E-state index in [0.717, 1.165) is 11.3 Å². The maximum absolute atomic E-state index is 14.2. The first-order valence-electron chi connectivity index (χ1n) is 14.5. The van der Waals surface area contributed by atoms with Crippen LogP contribution in [0.25, 0.3) is 23.1 Å². The minimum absolute atomic E-state index is 0.0577. The average molecular weight is 652 g/mol. The number of aromatic nitrogens is 1. The van der Waals surface area contributed by atoms with Gasteiger partial charge in [-0.1, -0.05) is 47.7 Å². The van der Waals surface area contributed by atoms with Gasteiger partial charge < -0.3 is 23.4 Å². The Balaban J connectivity index is 1.41. The Morgan fingerprint density at radius 2 is 1.89 bits per heavy atom. The van der Waals surface area contributed by atoms with E-state index in [2.05, 4.69) is 0 Å². The summed E-state index contributed by atoms with van der Waals surface area (Å²) in [5.74, 6) is 1.31. The van der Waals surface area contributed by atoms with E-state index in [0.29, 0.717) is 44.6 Å². The van der Waals surface area contributed by atoms with Gasteiger partial charge >= 0.3 is 5.97 Å². The fourth-order valence-electron chi connectivity index (χ4n) is 5.54. The van der Waals surface area contributed by atoms with Gasteiger partial charge in [-0.15, -0.1) is 0 Å². The fourth-order valence-corrected chi connectivity index (χ4v) is 6.52. The Kier molecular flexibility index (Phi) is 7.66. The Hall–Kier alpha value is -5.95. The number of hydrogen-bond acceptors (Lipinski definition) is 11. The first-order valence-corrected chi connectivity index (χ1v) is 15.3. The van der Waals surface area contributed by atoms with E-state index in [1.165, 1.54) is 17.7 Å². The molecule has 3 aromatic carbocycles. The van der Waals surface area contributed by atoms with Crippen molar-refractivity contribution in [1.29, 1.82) is 0 Å². The molecule has 0 fully saturated rings. The molecule has 0 saturated carbocycles. The lowest BCUT2D eigenvalue weighted by Gasteiger charge is -2.26. The molecule has 0 unspecified atom stereocenters. The number of nitrogens with zero attached hydrogens (tertiary/aromatic N) is 3. The second kappa shape index (κ2) is 12.1. The van der Waals surface area contributed by atoms with E-state index in [1.54, 1.807) is 55.5 Å². The molecule has 2 aromatic heterocycles. The number of benzene rings is 3. The van der Waals surface area contributed by atoms with E-state index in [-0.39, 0.29) is 40.5 Å². The van der Waals surface area contributed by atoms with Crippen LogP contribution in [-0.2, 0) is 9.53 Å². The van der Waals surface area contributed by atoms with Gasteiger partial charge in [-0.25, -0.2) is 9.79 Å². The van der Waals surface area contributed by atoms with Crippen molar-refractivity contribution in [1.82, 2.24) is 4.57 Å². The second-order valence-corrected chi connectivity index (χ2v) is 11.4. The monoisotopic (exact) mass is 651 g/mol. The van der Waals surface area contributed by atoms with Crippen LogP contribution in [0.1, 0.15) is 29.9 Å². The van der Waals surface area contributed by atoms with Crippen LogP contribution in [-0.4, -0.2) is 36.0 Å². The van der Waals surface area contributed by atoms with Crippen LogP contribution in [0.3, 0.4) is 0 Å². The Labute approximate surface area is 270 Å². The standard InChI is InChI=1S/C34H25N3O9S/c1-3-43-33(39)29-30(19-7-5-4-6-8-19)35-34-36(31(29)20-9-13-26-27(15-20)45-18-44-26)32(38)28(47-34)17-22-11-14-25(46-22)23-12-10-21(42-2)16-24(23)37(40)41/h4-17,31H,3,18H2,1-2H3/b28-17-/t31-/m1/s1. The molecule has 0 N–H and O–H groups in total. The predicted molar refractivity (Wildman–Crippen MR) is 171 cm³/mol. The van der Waals surface area contributed by atoms with Gasteiger partial charge in [0.25, 0.3) is 11.2 Å². The number of rotatable bonds is 8. The molecule has 0 amide bonds. The third-order valence-electron chi connectivity index (χ3n) is 7.65. The summed E-state index contributed by atoms with van der Waals surface area (Å²) in [5, 5.41) is 11.8. The maximum atomic E-state index is 14.2. The quantitative estimate of drug-likeness (QED) is 0.131. The van der Waals surface area contributed by atoms with E-state index < -0.39 is 22.5 Å². The van der Waals surface area contributed by atoms with Crippen molar-refractivity contribution in [3.05, 3.63) is 131 Å². The molecule has 0 spiro atoms. The van der Waals surface area contributed by atoms with Crippen molar-refractivity contribution < 1.29 is 33.1 Å². The number of carbonyl (C=O) groups is 1. The normalized spacial score (nSPS) is 15.3. The second-order valence-electron chi connectivity index (χ2n) is 10.4. The van der Waals surface area contributed by atoms with Crippen LogP contribution >= 0.6 is 11.3 Å². The summed E-state index contributed by atoms with van der Waals surface area (Å²) >= 11 is 1.13. The molecule has 13 heteroatoms. The minimum Gasteiger partial charge on any atom is -0.497 e. The van der Waals surface area contributed by atoms with E-state index >= 15 is 0 Å². The van der Waals surface area contributed by atoms with Gasteiger partial charge in [0.1, 0.15) is 17.3 Å². The molecular formula is C34H25N3O9S. The Bertz CT molecular complexity index is 2270. The minimum atomic E-state index is -0.911. The molecular weight excluding hydrogens is 626 g/mol. The van der Waals surface area contributed by atoms with E-state index in [1.807, 2.05) is 30.3 Å². The maximum Gasteiger partial charge on any atom is 0.338 e. The number of fused-ring (bicyclic) bond motifs is 2. The summed E-state index contributed by atoms with van der Waals surface area (Å²) in [5.41, 5.74) is 1.50. The highest BCUT2D eigenvalue weighted by Crippen LogP contribution is 2.40.